The summed E-state index contributed by atoms with van der Waals surface area (Å²) in [5, 5.41) is 6.98. The minimum atomic E-state index is 0. The van der Waals surface area contributed by atoms with Crippen molar-refractivity contribution in [2.24, 2.45) is 4.99 Å². The molecule has 27 heavy (non-hydrogen) atoms. The molecule has 0 amide bonds. The van der Waals surface area contributed by atoms with Gasteiger partial charge >= 0.3 is 0 Å². The number of nitrogens with zero attached hydrogens (tertiary/aromatic N) is 2. The maximum absolute atomic E-state index is 5.99. The van der Waals surface area contributed by atoms with Crippen molar-refractivity contribution in [1.29, 1.82) is 0 Å². The summed E-state index contributed by atoms with van der Waals surface area (Å²) in [5.74, 6) is 1.86. The molecule has 144 valence electrons. The van der Waals surface area contributed by atoms with E-state index in [1.165, 1.54) is 11.3 Å². The van der Waals surface area contributed by atoms with Gasteiger partial charge in [0.1, 0.15) is 11.9 Å². The van der Waals surface area contributed by atoms with Crippen LogP contribution in [0, 0.1) is 0 Å². The monoisotopic (exact) mass is 478 g/mol. The van der Waals surface area contributed by atoms with Crippen molar-refractivity contribution in [3.63, 3.8) is 0 Å². The van der Waals surface area contributed by atoms with Gasteiger partial charge in [-0.1, -0.05) is 36.4 Å². The summed E-state index contributed by atoms with van der Waals surface area (Å²) in [6.45, 7) is 2.82. The highest BCUT2D eigenvalue weighted by Gasteiger charge is 2.25. The standard InChI is InChI=1S/C21H26N4O.HI/c1-22-21(23-14-19-13-16-7-5-6-10-20(16)26-19)24-17-11-12-25(15-17)18-8-3-2-4-9-18;/h2-10,17,19H,11-15H2,1H3,(H2,22,23,24);1H. The summed E-state index contributed by atoms with van der Waals surface area (Å²) >= 11 is 0. The molecule has 4 rings (SSSR count). The van der Waals surface area contributed by atoms with E-state index in [1.54, 1.807) is 0 Å². The number of ether oxygens (including phenoxy) is 1. The molecule has 2 aromatic carbocycles. The van der Waals surface area contributed by atoms with Crippen LogP contribution < -0.4 is 20.3 Å². The highest BCUT2D eigenvalue weighted by atomic mass is 127. The molecule has 0 bridgehead atoms. The number of rotatable bonds is 4. The number of guanidine groups is 1. The third-order valence-electron chi connectivity index (χ3n) is 5.09. The van der Waals surface area contributed by atoms with Gasteiger partial charge in [-0.05, 0) is 30.2 Å². The van der Waals surface area contributed by atoms with Crippen LogP contribution in [-0.4, -0.2) is 44.8 Å². The molecule has 5 nitrogen and oxygen atoms in total. The van der Waals surface area contributed by atoms with E-state index in [0.29, 0.717) is 6.04 Å². The molecule has 0 aliphatic carbocycles. The lowest BCUT2D eigenvalue weighted by Gasteiger charge is -2.21. The molecule has 0 saturated carbocycles. The first-order chi connectivity index (χ1) is 12.8. The van der Waals surface area contributed by atoms with Crippen LogP contribution in [-0.2, 0) is 6.42 Å². The number of nitrogens with one attached hydrogen (secondary N) is 2. The summed E-state index contributed by atoms with van der Waals surface area (Å²) in [4.78, 5) is 6.80. The van der Waals surface area contributed by atoms with Crippen molar-refractivity contribution in [3.05, 3.63) is 60.2 Å². The van der Waals surface area contributed by atoms with E-state index in [-0.39, 0.29) is 30.1 Å². The van der Waals surface area contributed by atoms with Gasteiger partial charge in [0.15, 0.2) is 5.96 Å². The van der Waals surface area contributed by atoms with Gasteiger partial charge < -0.3 is 20.3 Å². The van der Waals surface area contributed by atoms with E-state index >= 15 is 0 Å². The zero-order valence-corrected chi connectivity index (χ0v) is 17.9. The Morgan fingerprint density at radius 1 is 1.15 bits per heavy atom. The molecule has 2 atom stereocenters. The average molecular weight is 478 g/mol. The molecule has 2 aliphatic heterocycles. The van der Waals surface area contributed by atoms with Crippen LogP contribution in [0.4, 0.5) is 5.69 Å². The normalized spacial score (nSPS) is 21.2. The zero-order chi connectivity index (χ0) is 17.8. The van der Waals surface area contributed by atoms with E-state index in [0.717, 1.165) is 44.2 Å². The lowest BCUT2D eigenvalue weighted by atomic mass is 10.1. The molecular formula is C21H27IN4O. The molecule has 2 aliphatic rings. The van der Waals surface area contributed by atoms with Crippen LogP contribution >= 0.6 is 24.0 Å². The second kappa shape index (κ2) is 9.30. The number of benzene rings is 2. The molecule has 2 aromatic rings. The molecule has 1 saturated heterocycles. The van der Waals surface area contributed by atoms with Crippen LogP contribution in [0.5, 0.6) is 5.75 Å². The molecule has 0 radical (unpaired) electrons. The summed E-state index contributed by atoms with van der Waals surface area (Å²) in [6.07, 6.45) is 2.22. The number of aliphatic imine (C=N–C) groups is 1. The fourth-order valence-electron chi connectivity index (χ4n) is 3.72. The predicted octanol–water partition coefficient (Wildman–Crippen LogP) is 3.05. The van der Waals surface area contributed by atoms with Crippen LogP contribution in [0.15, 0.2) is 59.6 Å². The Bertz CT molecular complexity index is 743. The van der Waals surface area contributed by atoms with Gasteiger partial charge in [0.2, 0.25) is 0 Å². The molecule has 0 spiro atoms. The molecule has 6 heteroatoms. The maximum Gasteiger partial charge on any atom is 0.191 e. The number of anilines is 1. The lowest BCUT2D eigenvalue weighted by Crippen LogP contribution is -2.47. The minimum Gasteiger partial charge on any atom is -0.488 e. The summed E-state index contributed by atoms with van der Waals surface area (Å²) in [5.41, 5.74) is 2.58. The predicted molar refractivity (Wildman–Crippen MR) is 122 cm³/mol. The smallest absolute Gasteiger partial charge is 0.191 e. The van der Waals surface area contributed by atoms with Crippen molar-refractivity contribution in [2.75, 3.05) is 31.6 Å². The SMILES string of the molecule is CN=C(NCC1Cc2ccccc2O1)NC1CCN(c2ccccc2)C1.I. The number of hydrogen-bond acceptors (Lipinski definition) is 3. The third kappa shape index (κ3) is 4.86. The van der Waals surface area contributed by atoms with E-state index in [2.05, 4.69) is 63.0 Å². The summed E-state index contributed by atoms with van der Waals surface area (Å²) in [7, 11) is 1.82. The average Bonchev–Trinajstić information content (AvgIpc) is 3.32. The first-order valence-electron chi connectivity index (χ1n) is 9.33. The van der Waals surface area contributed by atoms with Crippen molar-refractivity contribution in [3.8, 4) is 5.75 Å². The second-order valence-corrected chi connectivity index (χ2v) is 6.92. The second-order valence-electron chi connectivity index (χ2n) is 6.92. The fourth-order valence-corrected chi connectivity index (χ4v) is 3.72. The largest absolute Gasteiger partial charge is 0.488 e. The van der Waals surface area contributed by atoms with E-state index in [4.69, 9.17) is 4.74 Å². The Morgan fingerprint density at radius 2 is 1.93 bits per heavy atom. The molecule has 0 aromatic heterocycles. The van der Waals surface area contributed by atoms with Crippen LogP contribution in [0.25, 0.3) is 0 Å². The third-order valence-corrected chi connectivity index (χ3v) is 5.09. The first-order valence-corrected chi connectivity index (χ1v) is 9.33. The summed E-state index contributed by atoms with van der Waals surface area (Å²) in [6, 6.07) is 19.3. The Balaban J connectivity index is 0.00000210. The zero-order valence-electron chi connectivity index (χ0n) is 15.6. The number of hydrogen-bond donors (Lipinski definition) is 2. The number of halogens is 1. The Labute approximate surface area is 178 Å². The molecule has 2 N–H and O–H groups in total. The molecular weight excluding hydrogens is 451 g/mol. The Kier molecular flexibility index (Phi) is 6.82. The van der Waals surface area contributed by atoms with Crippen molar-refractivity contribution in [1.82, 2.24) is 10.6 Å². The molecule has 2 unspecified atom stereocenters. The van der Waals surface area contributed by atoms with Gasteiger partial charge in [0, 0.05) is 38.3 Å². The van der Waals surface area contributed by atoms with Crippen molar-refractivity contribution >= 4 is 35.6 Å². The lowest BCUT2D eigenvalue weighted by molar-refractivity contribution is 0.234. The van der Waals surface area contributed by atoms with Gasteiger partial charge in [-0.2, -0.15) is 0 Å². The van der Waals surface area contributed by atoms with Crippen LogP contribution in [0.2, 0.25) is 0 Å². The highest BCUT2D eigenvalue weighted by Crippen LogP contribution is 2.27. The van der Waals surface area contributed by atoms with E-state index in [1.807, 2.05) is 19.2 Å². The fraction of sp³-hybridized carbons (Fsp3) is 0.381. The minimum absolute atomic E-state index is 0. The van der Waals surface area contributed by atoms with E-state index < -0.39 is 0 Å². The van der Waals surface area contributed by atoms with Crippen LogP contribution in [0.3, 0.4) is 0 Å². The molecule has 1 fully saturated rings. The number of fused-ring (bicyclic) bond motifs is 1. The molecule has 2 heterocycles. The maximum atomic E-state index is 5.99. The quantitative estimate of drug-likeness (QED) is 0.403. The Morgan fingerprint density at radius 3 is 2.70 bits per heavy atom. The number of para-hydroxylation sites is 2. The Hall–Kier alpha value is -1.96. The first kappa shape index (κ1) is 19.8. The van der Waals surface area contributed by atoms with Crippen molar-refractivity contribution < 1.29 is 4.74 Å². The van der Waals surface area contributed by atoms with Gasteiger partial charge in [-0.15, -0.1) is 24.0 Å². The highest BCUT2D eigenvalue weighted by molar-refractivity contribution is 14.0. The van der Waals surface area contributed by atoms with E-state index in [9.17, 15) is 0 Å². The van der Waals surface area contributed by atoms with Crippen LogP contribution in [0.1, 0.15) is 12.0 Å². The van der Waals surface area contributed by atoms with Crippen molar-refractivity contribution in [2.45, 2.75) is 25.0 Å². The van der Waals surface area contributed by atoms with Gasteiger partial charge in [0.25, 0.3) is 0 Å². The topological polar surface area (TPSA) is 48.9 Å². The van der Waals surface area contributed by atoms with Gasteiger partial charge in [0.05, 0.1) is 6.54 Å². The summed E-state index contributed by atoms with van der Waals surface area (Å²) < 4.78 is 5.99. The van der Waals surface area contributed by atoms with Gasteiger partial charge in [-0.3, -0.25) is 4.99 Å². The van der Waals surface area contributed by atoms with Gasteiger partial charge in [-0.25, -0.2) is 0 Å².